The fraction of sp³-hybridized carbons (Fsp3) is 0.250. The molecule has 0 aliphatic heterocycles. The van der Waals surface area contributed by atoms with Gasteiger partial charge in [0.1, 0.15) is 10.7 Å². The van der Waals surface area contributed by atoms with Gasteiger partial charge in [-0.05, 0) is 12.5 Å². The number of anilines is 1. The number of hydrogen-bond donors (Lipinski definition) is 1. The second kappa shape index (κ2) is 5.99. The number of nitrogens with one attached hydrogen (secondary N) is 1. The van der Waals surface area contributed by atoms with E-state index in [0.29, 0.717) is 10.7 Å². The molecule has 7 heteroatoms. The number of benzene rings is 1. The van der Waals surface area contributed by atoms with Gasteiger partial charge in [-0.25, -0.2) is 4.98 Å². The van der Waals surface area contributed by atoms with Gasteiger partial charge in [0.15, 0.2) is 0 Å². The van der Waals surface area contributed by atoms with Crippen molar-refractivity contribution in [3.8, 4) is 0 Å². The van der Waals surface area contributed by atoms with Gasteiger partial charge in [-0.1, -0.05) is 24.6 Å². The van der Waals surface area contributed by atoms with Gasteiger partial charge in [-0.15, -0.1) is 11.3 Å². The van der Waals surface area contributed by atoms with Crippen LogP contribution in [0.25, 0.3) is 0 Å². The monoisotopic (exact) mass is 297 g/mol. The number of para-hydroxylation sites is 1. The summed E-state index contributed by atoms with van der Waals surface area (Å²) in [5, 5.41) is 17.2. The Balaban J connectivity index is 2.34. The molecule has 100 valence electrons. The van der Waals surface area contributed by atoms with Gasteiger partial charge in [0, 0.05) is 17.6 Å². The van der Waals surface area contributed by atoms with E-state index in [-0.39, 0.29) is 11.7 Å². The molecule has 0 fully saturated rings. The molecule has 19 heavy (non-hydrogen) atoms. The van der Waals surface area contributed by atoms with Crippen LogP contribution in [0.4, 0.5) is 11.4 Å². The van der Waals surface area contributed by atoms with Crippen LogP contribution in [0.15, 0.2) is 29.8 Å². The van der Waals surface area contributed by atoms with Gasteiger partial charge in [-0.3, -0.25) is 10.1 Å². The lowest BCUT2D eigenvalue weighted by Gasteiger charge is -2.16. The van der Waals surface area contributed by atoms with Crippen molar-refractivity contribution in [1.29, 1.82) is 0 Å². The van der Waals surface area contributed by atoms with Gasteiger partial charge < -0.3 is 5.32 Å². The Morgan fingerprint density at radius 1 is 1.58 bits per heavy atom. The maximum absolute atomic E-state index is 11.0. The summed E-state index contributed by atoms with van der Waals surface area (Å²) in [7, 11) is 0. The van der Waals surface area contributed by atoms with Crippen molar-refractivity contribution >= 4 is 34.3 Å². The highest BCUT2D eigenvalue weighted by atomic mass is 35.5. The molecule has 0 aliphatic carbocycles. The van der Waals surface area contributed by atoms with Crippen molar-refractivity contribution in [2.75, 3.05) is 5.32 Å². The van der Waals surface area contributed by atoms with Crippen molar-refractivity contribution in [2.24, 2.45) is 0 Å². The van der Waals surface area contributed by atoms with Crippen LogP contribution in [0.1, 0.15) is 24.4 Å². The average Bonchev–Trinajstić information content (AvgIpc) is 2.90. The van der Waals surface area contributed by atoms with Crippen LogP contribution in [-0.2, 0) is 0 Å². The molecular formula is C12H12ClN3O2S. The van der Waals surface area contributed by atoms with E-state index in [9.17, 15) is 10.1 Å². The van der Waals surface area contributed by atoms with E-state index in [1.165, 1.54) is 17.4 Å². The zero-order valence-corrected chi connectivity index (χ0v) is 11.7. The maximum atomic E-state index is 11.0. The molecule has 5 nitrogen and oxygen atoms in total. The highest BCUT2D eigenvalue weighted by Gasteiger charge is 2.21. The Bertz CT molecular complexity index is 574. The molecule has 0 saturated heterocycles. The number of aromatic nitrogens is 1. The lowest BCUT2D eigenvalue weighted by molar-refractivity contribution is -0.384. The molecule has 1 aromatic heterocycles. The molecule has 0 radical (unpaired) electrons. The SMILES string of the molecule is CCC(Nc1c(Cl)cccc1[N+](=O)[O-])c1nccs1. The summed E-state index contributed by atoms with van der Waals surface area (Å²) >= 11 is 7.56. The molecule has 0 spiro atoms. The van der Waals surface area contributed by atoms with Crippen LogP contribution >= 0.6 is 22.9 Å². The third-order valence-electron chi connectivity index (χ3n) is 2.66. The number of nitrogens with zero attached hydrogens (tertiary/aromatic N) is 2. The van der Waals surface area contributed by atoms with Gasteiger partial charge >= 0.3 is 0 Å². The molecule has 1 unspecified atom stereocenters. The molecule has 2 aromatic rings. The lowest BCUT2D eigenvalue weighted by Crippen LogP contribution is -2.11. The van der Waals surface area contributed by atoms with Crippen LogP contribution in [0.3, 0.4) is 0 Å². The lowest BCUT2D eigenvalue weighted by atomic mass is 10.2. The first-order valence-corrected chi connectivity index (χ1v) is 6.98. The molecule has 0 amide bonds. The number of halogens is 1. The summed E-state index contributed by atoms with van der Waals surface area (Å²) in [5.41, 5.74) is 0.318. The van der Waals surface area contributed by atoms with E-state index < -0.39 is 4.92 Å². The van der Waals surface area contributed by atoms with Gasteiger partial charge in [0.2, 0.25) is 0 Å². The number of nitro benzene ring substituents is 1. The molecular weight excluding hydrogens is 286 g/mol. The summed E-state index contributed by atoms with van der Waals surface area (Å²) in [4.78, 5) is 14.8. The molecule has 1 aromatic carbocycles. The van der Waals surface area contributed by atoms with E-state index >= 15 is 0 Å². The zero-order chi connectivity index (χ0) is 13.8. The fourth-order valence-corrected chi connectivity index (χ4v) is 2.72. The molecule has 0 bridgehead atoms. The van der Waals surface area contributed by atoms with E-state index in [2.05, 4.69) is 10.3 Å². The van der Waals surface area contributed by atoms with E-state index in [1.54, 1.807) is 18.3 Å². The first kappa shape index (κ1) is 13.8. The zero-order valence-electron chi connectivity index (χ0n) is 10.2. The van der Waals surface area contributed by atoms with Gasteiger partial charge in [-0.2, -0.15) is 0 Å². The summed E-state index contributed by atoms with van der Waals surface area (Å²) in [6.07, 6.45) is 2.47. The minimum absolute atomic E-state index is 0.0255. The van der Waals surface area contributed by atoms with E-state index in [4.69, 9.17) is 11.6 Å². The average molecular weight is 298 g/mol. The minimum Gasteiger partial charge on any atom is -0.369 e. The second-order valence-electron chi connectivity index (χ2n) is 3.87. The number of nitro groups is 1. The first-order chi connectivity index (χ1) is 9.13. The first-order valence-electron chi connectivity index (χ1n) is 5.72. The maximum Gasteiger partial charge on any atom is 0.293 e. The Labute approximate surface area is 119 Å². The third kappa shape index (κ3) is 3.02. The van der Waals surface area contributed by atoms with Crippen LogP contribution in [0.2, 0.25) is 5.02 Å². The van der Waals surface area contributed by atoms with E-state index in [1.807, 2.05) is 12.3 Å². The molecule has 1 N–H and O–H groups in total. The fourth-order valence-electron chi connectivity index (χ4n) is 1.73. The predicted octanol–water partition coefficient (Wildman–Crippen LogP) is 4.27. The smallest absolute Gasteiger partial charge is 0.293 e. The normalized spacial score (nSPS) is 12.1. The number of thiazole rings is 1. The molecule has 0 aliphatic rings. The number of hydrogen-bond acceptors (Lipinski definition) is 5. The van der Waals surface area contributed by atoms with Crippen LogP contribution in [-0.4, -0.2) is 9.91 Å². The highest BCUT2D eigenvalue weighted by Crippen LogP contribution is 2.35. The largest absolute Gasteiger partial charge is 0.369 e. The number of rotatable bonds is 5. The Morgan fingerprint density at radius 2 is 2.37 bits per heavy atom. The quantitative estimate of drug-likeness (QED) is 0.661. The van der Waals surface area contributed by atoms with Gasteiger partial charge in [0.25, 0.3) is 5.69 Å². The Morgan fingerprint density at radius 3 is 2.95 bits per heavy atom. The summed E-state index contributed by atoms with van der Waals surface area (Å²) in [6.45, 7) is 1.99. The molecule has 0 saturated carbocycles. The predicted molar refractivity (Wildman–Crippen MR) is 76.9 cm³/mol. The standard InChI is InChI=1S/C12H12ClN3O2S/c1-2-9(12-14-6-7-19-12)15-11-8(13)4-3-5-10(11)16(17)18/h3-7,9,15H,2H2,1H3. The summed E-state index contributed by atoms with van der Waals surface area (Å²) < 4.78 is 0. The van der Waals surface area contributed by atoms with Crippen molar-refractivity contribution in [3.63, 3.8) is 0 Å². The third-order valence-corrected chi connectivity index (χ3v) is 3.87. The van der Waals surface area contributed by atoms with Crippen molar-refractivity contribution in [2.45, 2.75) is 19.4 Å². The second-order valence-corrected chi connectivity index (χ2v) is 5.20. The Hall–Kier alpha value is -1.66. The van der Waals surface area contributed by atoms with Gasteiger partial charge in [0.05, 0.1) is 16.0 Å². The Kier molecular flexibility index (Phi) is 4.34. The topological polar surface area (TPSA) is 68.1 Å². The van der Waals surface area contributed by atoms with Crippen LogP contribution in [0.5, 0.6) is 0 Å². The van der Waals surface area contributed by atoms with Crippen molar-refractivity contribution < 1.29 is 4.92 Å². The van der Waals surface area contributed by atoms with Crippen molar-refractivity contribution in [1.82, 2.24) is 4.98 Å². The summed E-state index contributed by atoms with van der Waals surface area (Å²) in [6, 6.07) is 4.54. The van der Waals surface area contributed by atoms with Crippen LogP contribution < -0.4 is 5.32 Å². The minimum atomic E-state index is -0.442. The molecule has 2 rings (SSSR count). The van der Waals surface area contributed by atoms with Crippen LogP contribution in [0, 0.1) is 10.1 Å². The highest BCUT2D eigenvalue weighted by molar-refractivity contribution is 7.09. The molecule has 1 heterocycles. The van der Waals surface area contributed by atoms with Crippen molar-refractivity contribution in [3.05, 3.63) is 49.9 Å². The van der Waals surface area contributed by atoms with E-state index in [0.717, 1.165) is 11.4 Å². The summed E-state index contributed by atoms with van der Waals surface area (Å²) in [5.74, 6) is 0. The molecule has 1 atom stereocenters.